The molecule has 7 heteroatoms. The number of nitrogens with zero attached hydrogens (tertiary/aromatic N) is 1. The molecule has 0 spiro atoms. The number of sulfonamides is 1. The lowest BCUT2D eigenvalue weighted by atomic mass is 10.0. The fraction of sp³-hybridized carbons (Fsp3) is 0.667. The molecule has 0 saturated carbocycles. The third kappa shape index (κ3) is 3.64. The Morgan fingerprint density at radius 1 is 1.00 bits per heavy atom. The standard InChI is InChI=1S/C18H25NO5S/c20-25(21,13-15-4-1-2-9-22-15)19-8-3-5-16(19)14-6-7-17-18(12-14)24-11-10-23-17/h6-7,12,15-16H,1-5,8-11,13H2. The summed E-state index contributed by atoms with van der Waals surface area (Å²) < 4.78 is 44.5. The topological polar surface area (TPSA) is 65.1 Å². The Kier molecular flexibility index (Phi) is 4.88. The summed E-state index contributed by atoms with van der Waals surface area (Å²) in [4.78, 5) is 0. The molecule has 6 nitrogen and oxygen atoms in total. The second kappa shape index (κ2) is 7.13. The number of hydrogen-bond donors (Lipinski definition) is 0. The average molecular weight is 367 g/mol. The lowest BCUT2D eigenvalue weighted by Crippen LogP contribution is -2.38. The molecule has 2 atom stereocenters. The Hall–Kier alpha value is -1.31. The molecule has 138 valence electrons. The normalized spacial score (nSPS) is 27.4. The smallest absolute Gasteiger partial charge is 0.217 e. The molecule has 0 amide bonds. The largest absolute Gasteiger partial charge is 0.486 e. The molecule has 4 rings (SSSR count). The monoisotopic (exact) mass is 367 g/mol. The van der Waals surface area contributed by atoms with Crippen LogP contribution in [0.5, 0.6) is 11.5 Å². The van der Waals surface area contributed by atoms with Crippen LogP contribution in [0.3, 0.4) is 0 Å². The van der Waals surface area contributed by atoms with Crippen LogP contribution in [-0.4, -0.2) is 50.9 Å². The molecule has 0 N–H and O–H groups in total. The van der Waals surface area contributed by atoms with Crippen molar-refractivity contribution in [3.8, 4) is 11.5 Å². The van der Waals surface area contributed by atoms with E-state index in [2.05, 4.69) is 0 Å². The van der Waals surface area contributed by atoms with E-state index in [4.69, 9.17) is 14.2 Å². The minimum Gasteiger partial charge on any atom is -0.486 e. The van der Waals surface area contributed by atoms with E-state index in [1.165, 1.54) is 0 Å². The summed E-state index contributed by atoms with van der Waals surface area (Å²) in [6.07, 6.45) is 4.46. The Labute approximate surface area is 149 Å². The van der Waals surface area contributed by atoms with Crippen LogP contribution in [0.1, 0.15) is 43.7 Å². The van der Waals surface area contributed by atoms with Crippen molar-refractivity contribution in [3.63, 3.8) is 0 Å². The minimum absolute atomic E-state index is 0.0913. The minimum atomic E-state index is -3.34. The van der Waals surface area contributed by atoms with Gasteiger partial charge in [0.25, 0.3) is 0 Å². The van der Waals surface area contributed by atoms with Gasteiger partial charge in [0.15, 0.2) is 11.5 Å². The molecule has 25 heavy (non-hydrogen) atoms. The third-order valence-corrected chi connectivity index (χ3v) is 7.13. The number of ether oxygens (including phenoxy) is 3. The van der Waals surface area contributed by atoms with Gasteiger partial charge in [-0.15, -0.1) is 0 Å². The molecule has 2 saturated heterocycles. The van der Waals surface area contributed by atoms with Crippen molar-refractivity contribution in [1.82, 2.24) is 4.31 Å². The van der Waals surface area contributed by atoms with Gasteiger partial charge in [-0.25, -0.2) is 8.42 Å². The summed E-state index contributed by atoms with van der Waals surface area (Å²) in [5.74, 6) is 1.54. The Morgan fingerprint density at radius 3 is 2.64 bits per heavy atom. The molecular formula is C18H25NO5S. The van der Waals surface area contributed by atoms with Gasteiger partial charge in [-0.3, -0.25) is 0 Å². The van der Waals surface area contributed by atoms with Gasteiger partial charge in [0.1, 0.15) is 13.2 Å². The van der Waals surface area contributed by atoms with Crippen molar-refractivity contribution in [2.75, 3.05) is 32.1 Å². The van der Waals surface area contributed by atoms with Gasteiger partial charge in [-0.2, -0.15) is 4.31 Å². The molecule has 0 bridgehead atoms. The highest BCUT2D eigenvalue weighted by atomic mass is 32.2. The van der Waals surface area contributed by atoms with Crippen molar-refractivity contribution < 1.29 is 22.6 Å². The second-order valence-electron chi connectivity index (χ2n) is 6.94. The molecule has 2 fully saturated rings. The van der Waals surface area contributed by atoms with E-state index in [-0.39, 0.29) is 17.9 Å². The van der Waals surface area contributed by atoms with Crippen molar-refractivity contribution in [1.29, 1.82) is 0 Å². The molecule has 0 aliphatic carbocycles. The molecular weight excluding hydrogens is 342 g/mol. The van der Waals surface area contributed by atoms with Crippen LogP contribution in [0.25, 0.3) is 0 Å². The highest BCUT2D eigenvalue weighted by Gasteiger charge is 2.37. The van der Waals surface area contributed by atoms with Crippen LogP contribution in [0.4, 0.5) is 0 Å². The second-order valence-corrected chi connectivity index (χ2v) is 8.91. The lowest BCUT2D eigenvalue weighted by Gasteiger charge is -2.29. The summed E-state index contributed by atoms with van der Waals surface area (Å²) in [7, 11) is -3.34. The van der Waals surface area contributed by atoms with Gasteiger partial charge in [0.2, 0.25) is 10.0 Å². The first-order valence-electron chi connectivity index (χ1n) is 9.14. The average Bonchev–Trinajstić information content (AvgIpc) is 3.13. The first-order valence-corrected chi connectivity index (χ1v) is 10.7. The van der Waals surface area contributed by atoms with Gasteiger partial charge in [-0.1, -0.05) is 6.07 Å². The van der Waals surface area contributed by atoms with Crippen LogP contribution in [0.15, 0.2) is 18.2 Å². The molecule has 3 aliphatic heterocycles. The van der Waals surface area contributed by atoms with Gasteiger partial charge >= 0.3 is 0 Å². The fourth-order valence-corrected chi connectivity index (χ4v) is 5.89. The Bertz CT molecular complexity index is 714. The van der Waals surface area contributed by atoms with Gasteiger partial charge in [-0.05, 0) is 49.8 Å². The van der Waals surface area contributed by atoms with Crippen LogP contribution >= 0.6 is 0 Å². The van der Waals surface area contributed by atoms with Crippen LogP contribution in [-0.2, 0) is 14.8 Å². The van der Waals surface area contributed by atoms with Crippen molar-refractivity contribution in [2.45, 2.75) is 44.2 Å². The van der Waals surface area contributed by atoms with Crippen LogP contribution < -0.4 is 9.47 Å². The first-order chi connectivity index (χ1) is 12.1. The van der Waals surface area contributed by atoms with Crippen molar-refractivity contribution >= 4 is 10.0 Å². The predicted molar refractivity (Wildman–Crippen MR) is 93.5 cm³/mol. The van der Waals surface area contributed by atoms with E-state index in [1.54, 1.807) is 4.31 Å². The SMILES string of the molecule is O=S(=O)(CC1CCCCO1)N1CCCC1c1ccc2c(c1)OCCO2. The van der Waals surface area contributed by atoms with Crippen molar-refractivity contribution in [2.24, 2.45) is 0 Å². The van der Waals surface area contributed by atoms with E-state index >= 15 is 0 Å². The summed E-state index contributed by atoms with van der Waals surface area (Å²) in [6.45, 7) is 2.33. The first kappa shape index (κ1) is 17.1. The lowest BCUT2D eigenvalue weighted by molar-refractivity contribution is 0.0298. The number of rotatable bonds is 4. The molecule has 1 aromatic rings. The molecule has 3 aliphatic rings. The van der Waals surface area contributed by atoms with Gasteiger partial charge < -0.3 is 14.2 Å². The molecule has 1 aromatic carbocycles. The zero-order valence-corrected chi connectivity index (χ0v) is 15.2. The summed E-state index contributed by atoms with van der Waals surface area (Å²) in [5.41, 5.74) is 0.981. The maximum absolute atomic E-state index is 13.0. The van der Waals surface area contributed by atoms with E-state index in [0.717, 1.165) is 43.4 Å². The number of benzene rings is 1. The summed E-state index contributed by atoms with van der Waals surface area (Å²) in [6, 6.07) is 5.66. The van der Waals surface area contributed by atoms with E-state index in [0.29, 0.717) is 32.1 Å². The highest BCUT2D eigenvalue weighted by Crippen LogP contribution is 2.39. The Morgan fingerprint density at radius 2 is 1.84 bits per heavy atom. The molecule has 0 radical (unpaired) electrons. The maximum atomic E-state index is 13.0. The quantitative estimate of drug-likeness (QED) is 0.818. The van der Waals surface area contributed by atoms with Crippen LogP contribution in [0, 0.1) is 0 Å². The van der Waals surface area contributed by atoms with Crippen LogP contribution in [0.2, 0.25) is 0 Å². The van der Waals surface area contributed by atoms with Gasteiger partial charge in [0.05, 0.1) is 11.9 Å². The van der Waals surface area contributed by atoms with E-state index in [1.807, 2.05) is 18.2 Å². The number of fused-ring (bicyclic) bond motifs is 1. The molecule has 3 heterocycles. The van der Waals surface area contributed by atoms with E-state index < -0.39 is 10.0 Å². The van der Waals surface area contributed by atoms with Crippen molar-refractivity contribution in [3.05, 3.63) is 23.8 Å². The fourth-order valence-electron chi connectivity index (χ4n) is 3.94. The predicted octanol–water partition coefficient (Wildman–Crippen LogP) is 2.49. The summed E-state index contributed by atoms with van der Waals surface area (Å²) in [5, 5.41) is 0. The molecule has 0 aromatic heterocycles. The molecule has 2 unspecified atom stereocenters. The summed E-state index contributed by atoms with van der Waals surface area (Å²) >= 11 is 0. The number of hydrogen-bond acceptors (Lipinski definition) is 5. The third-order valence-electron chi connectivity index (χ3n) is 5.18. The zero-order valence-electron chi connectivity index (χ0n) is 14.4. The van der Waals surface area contributed by atoms with E-state index in [9.17, 15) is 8.42 Å². The zero-order chi connectivity index (χ0) is 17.3. The van der Waals surface area contributed by atoms with Gasteiger partial charge in [0, 0.05) is 19.2 Å². The Balaban J connectivity index is 1.53. The highest BCUT2D eigenvalue weighted by molar-refractivity contribution is 7.89. The maximum Gasteiger partial charge on any atom is 0.217 e.